The standard InChI is InChI=1S/C18H18N2O3/c1-12-3-6-14(7-4-12)19-17(21)10-20-15-9-13(2)5-8-16(15)23-11-18(20)22/h3-9H,10-11H2,1-2H3,(H,19,21). The zero-order valence-electron chi connectivity index (χ0n) is 13.1. The van der Waals surface area contributed by atoms with Gasteiger partial charge in [-0.05, 0) is 43.7 Å². The molecule has 1 aliphatic heterocycles. The van der Waals surface area contributed by atoms with Crippen LogP contribution in [0, 0.1) is 13.8 Å². The quantitative estimate of drug-likeness (QED) is 0.948. The summed E-state index contributed by atoms with van der Waals surface area (Å²) in [5.74, 6) is 0.164. The van der Waals surface area contributed by atoms with Crippen molar-refractivity contribution in [2.75, 3.05) is 23.4 Å². The van der Waals surface area contributed by atoms with Crippen LogP contribution in [0.1, 0.15) is 11.1 Å². The first-order chi connectivity index (χ1) is 11.0. The number of aryl methyl sites for hydroxylation is 2. The summed E-state index contributed by atoms with van der Waals surface area (Å²) in [7, 11) is 0. The van der Waals surface area contributed by atoms with Crippen LogP contribution in [0.5, 0.6) is 5.75 Å². The average Bonchev–Trinajstić information content (AvgIpc) is 2.52. The number of hydrogen-bond donors (Lipinski definition) is 1. The predicted molar refractivity (Wildman–Crippen MR) is 88.8 cm³/mol. The molecule has 0 unspecified atom stereocenters. The summed E-state index contributed by atoms with van der Waals surface area (Å²) < 4.78 is 5.41. The molecule has 0 spiro atoms. The number of ether oxygens (including phenoxy) is 1. The van der Waals surface area contributed by atoms with E-state index in [0.717, 1.165) is 11.1 Å². The number of rotatable bonds is 3. The smallest absolute Gasteiger partial charge is 0.265 e. The Morgan fingerprint density at radius 3 is 2.57 bits per heavy atom. The lowest BCUT2D eigenvalue weighted by molar-refractivity contribution is -0.123. The number of carbonyl (C=O) groups excluding carboxylic acids is 2. The molecule has 0 radical (unpaired) electrons. The van der Waals surface area contributed by atoms with Gasteiger partial charge in [0.2, 0.25) is 5.91 Å². The molecule has 5 nitrogen and oxygen atoms in total. The number of hydrogen-bond acceptors (Lipinski definition) is 3. The lowest BCUT2D eigenvalue weighted by Crippen LogP contribution is -2.43. The molecule has 0 fully saturated rings. The molecule has 2 amide bonds. The minimum atomic E-state index is -0.239. The van der Waals surface area contributed by atoms with Gasteiger partial charge in [0.15, 0.2) is 6.61 Å². The van der Waals surface area contributed by atoms with E-state index in [1.807, 2.05) is 56.3 Å². The van der Waals surface area contributed by atoms with E-state index in [4.69, 9.17) is 4.74 Å². The van der Waals surface area contributed by atoms with Gasteiger partial charge in [-0.15, -0.1) is 0 Å². The first-order valence-corrected chi connectivity index (χ1v) is 7.43. The second kappa shape index (κ2) is 6.12. The van der Waals surface area contributed by atoms with Gasteiger partial charge >= 0.3 is 0 Å². The Bertz CT molecular complexity index is 753. The lowest BCUT2D eigenvalue weighted by atomic mass is 10.1. The van der Waals surface area contributed by atoms with Crippen molar-refractivity contribution in [2.45, 2.75) is 13.8 Å². The van der Waals surface area contributed by atoms with Crippen LogP contribution >= 0.6 is 0 Å². The number of amides is 2. The van der Waals surface area contributed by atoms with E-state index in [-0.39, 0.29) is 25.0 Å². The van der Waals surface area contributed by atoms with Crippen molar-refractivity contribution in [3.63, 3.8) is 0 Å². The molecular weight excluding hydrogens is 292 g/mol. The fourth-order valence-corrected chi connectivity index (χ4v) is 2.47. The molecule has 1 heterocycles. The fraction of sp³-hybridized carbons (Fsp3) is 0.222. The van der Waals surface area contributed by atoms with E-state index in [1.165, 1.54) is 4.90 Å². The van der Waals surface area contributed by atoms with E-state index in [0.29, 0.717) is 17.1 Å². The van der Waals surface area contributed by atoms with Crippen molar-refractivity contribution in [1.82, 2.24) is 0 Å². The second-order valence-electron chi connectivity index (χ2n) is 5.65. The Kier molecular flexibility index (Phi) is 4.02. The van der Waals surface area contributed by atoms with Gasteiger partial charge in [-0.2, -0.15) is 0 Å². The first-order valence-electron chi connectivity index (χ1n) is 7.43. The second-order valence-corrected chi connectivity index (χ2v) is 5.65. The van der Waals surface area contributed by atoms with Gasteiger partial charge in [0, 0.05) is 5.69 Å². The molecule has 0 bridgehead atoms. The van der Waals surface area contributed by atoms with E-state index in [1.54, 1.807) is 0 Å². The molecule has 23 heavy (non-hydrogen) atoms. The van der Waals surface area contributed by atoms with Gasteiger partial charge in [-0.25, -0.2) is 0 Å². The number of nitrogens with one attached hydrogen (secondary N) is 1. The molecule has 0 aliphatic carbocycles. The number of carbonyl (C=O) groups is 2. The Morgan fingerprint density at radius 1 is 1.13 bits per heavy atom. The summed E-state index contributed by atoms with van der Waals surface area (Å²) >= 11 is 0. The van der Waals surface area contributed by atoms with Crippen molar-refractivity contribution >= 4 is 23.2 Å². The van der Waals surface area contributed by atoms with Crippen LogP contribution in [0.25, 0.3) is 0 Å². The molecule has 2 aromatic carbocycles. The summed E-state index contributed by atoms with van der Waals surface area (Å²) in [6.07, 6.45) is 0. The molecule has 0 aromatic heterocycles. The maximum atomic E-state index is 12.3. The van der Waals surface area contributed by atoms with Crippen molar-refractivity contribution in [3.05, 3.63) is 53.6 Å². The Morgan fingerprint density at radius 2 is 1.83 bits per heavy atom. The molecule has 1 aliphatic rings. The van der Waals surface area contributed by atoms with Gasteiger partial charge < -0.3 is 10.1 Å². The Labute approximate surface area is 134 Å². The monoisotopic (exact) mass is 310 g/mol. The minimum absolute atomic E-state index is 0.0352. The Hall–Kier alpha value is -2.82. The van der Waals surface area contributed by atoms with Crippen LogP contribution in [-0.4, -0.2) is 25.0 Å². The topological polar surface area (TPSA) is 58.6 Å². The maximum absolute atomic E-state index is 12.3. The van der Waals surface area contributed by atoms with Crippen LogP contribution < -0.4 is 15.0 Å². The summed E-state index contributed by atoms with van der Waals surface area (Å²) in [6, 6.07) is 13.1. The van der Waals surface area contributed by atoms with Crippen molar-refractivity contribution < 1.29 is 14.3 Å². The van der Waals surface area contributed by atoms with Crippen LogP contribution in [0.2, 0.25) is 0 Å². The largest absolute Gasteiger partial charge is 0.482 e. The van der Waals surface area contributed by atoms with E-state index in [2.05, 4.69) is 5.32 Å². The van der Waals surface area contributed by atoms with Gasteiger partial charge in [0.25, 0.3) is 5.91 Å². The molecule has 2 aromatic rings. The highest BCUT2D eigenvalue weighted by atomic mass is 16.5. The third kappa shape index (κ3) is 3.34. The highest BCUT2D eigenvalue weighted by Crippen LogP contribution is 2.32. The van der Waals surface area contributed by atoms with Gasteiger partial charge in [-0.3, -0.25) is 14.5 Å². The number of anilines is 2. The SMILES string of the molecule is Cc1ccc(NC(=O)CN2C(=O)COc3ccc(C)cc32)cc1. The minimum Gasteiger partial charge on any atom is -0.482 e. The van der Waals surface area contributed by atoms with Crippen molar-refractivity contribution in [2.24, 2.45) is 0 Å². The summed E-state index contributed by atoms with van der Waals surface area (Å²) in [4.78, 5) is 25.8. The number of nitrogens with zero attached hydrogens (tertiary/aromatic N) is 1. The lowest BCUT2D eigenvalue weighted by Gasteiger charge is -2.29. The molecular formula is C18H18N2O3. The highest BCUT2D eigenvalue weighted by molar-refractivity contribution is 6.05. The van der Waals surface area contributed by atoms with Gasteiger partial charge in [0.05, 0.1) is 5.69 Å². The molecule has 0 atom stereocenters. The predicted octanol–water partition coefficient (Wildman–Crippen LogP) is 2.67. The number of benzene rings is 2. The number of fused-ring (bicyclic) bond motifs is 1. The van der Waals surface area contributed by atoms with Crippen molar-refractivity contribution in [3.8, 4) is 5.75 Å². The van der Waals surface area contributed by atoms with Crippen LogP contribution in [-0.2, 0) is 9.59 Å². The van der Waals surface area contributed by atoms with Crippen LogP contribution in [0.4, 0.5) is 11.4 Å². The van der Waals surface area contributed by atoms with Crippen LogP contribution in [0.15, 0.2) is 42.5 Å². The van der Waals surface area contributed by atoms with E-state index in [9.17, 15) is 9.59 Å². The zero-order valence-corrected chi connectivity index (χ0v) is 13.1. The first kappa shape index (κ1) is 15.1. The van der Waals surface area contributed by atoms with E-state index >= 15 is 0 Å². The third-order valence-corrected chi connectivity index (χ3v) is 3.69. The zero-order chi connectivity index (χ0) is 16.4. The molecule has 1 N–H and O–H groups in total. The van der Waals surface area contributed by atoms with Gasteiger partial charge in [-0.1, -0.05) is 23.8 Å². The summed E-state index contributed by atoms with van der Waals surface area (Å²) in [5.41, 5.74) is 3.48. The Balaban J connectivity index is 1.76. The highest BCUT2D eigenvalue weighted by Gasteiger charge is 2.27. The molecule has 0 saturated heterocycles. The summed E-state index contributed by atoms with van der Waals surface area (Å²) in [5, 5.41) is 2.81. The average molecular weight is 310 g/mol. The third-order valence-electron chi connectivity index (χ3n) is 3.69. The normalized spacial score (nSPS) is 13.3. The summed E-state index contributed by atoms with van der Waals surface area (Å²) in [6.45, 7) is 3.83. The maximum Gasteiger partial charge on any atom is 0.265 e. The van der Waals surface area contributed by atoms with Crippen LogP contribution in [0.3, 0.4) is 0 Å². The van der Waals surface area contributed by atoms with Crippen molar-refractivity contribution in [1.29, 1.82) is 0 Å². The molecule has 5 heteroatoms. The molecule has 3 rings (SSSR count). The molecule has 118 valence electrons. The van der Waals surface area contributed by atoms with E-state index < -0.39 is 0 Å². The van der Waals surface area contributed by atoms with Gasteiger partial charge in [0.1, 0.15) is 12.3 Å². The fourth-order valence-electron chi connectivity index (χ4n) is 2.47. The molecule has 0 saturated carbocycles.